The van der Waals surface area contributed by atoms with Gasteiger partial charge in [0.2, 0.25) is 0 Å². The van der Waals surface area contributed by atoms with Crippen molar-refractivity contribution in [3.8, 4) is 0 Å². The molecular weight excluding hydrogens is 368 g/mol. The molecule has 3 rings (SSSR count). The number of hydrogen-bond acceptors (Lipinski definition) is 7. The molecule has 2 amide bonds. The number of aromatic amines is 1. The first-order valence-corrected chi connectivity index (χ1v) is 8.26. The maximum atomic E-state index is 12.3. The Morgan fingerprint density at radius 1 is 1.32 bits per heavy atom. The lowest BCUT2D eigenvalue weighted by atomic mass is 10.2. The van der Waals surface area contributed by atoms with E-state index in [-0.39, 0.29) is 23.5 Å². The summed E-state index contributed by atoms with van der Waals surface area (Å²) < 4.78 is 5.99. The summed E-state index contributed by atoms with van der Waals surface area (Å²) in [5.74, 6) is 0.0856. The van der Waals surface area contributed by atoms with Crippen LogP contribution >= 0.6 is 0 Å². The van der Waals surface area contributed by atoms with Crippen molar-refractivity contribution in [3.63, 3.8) is 0 Å². The number of amides is 2. The van der Waals surface area contributed by atoms with Crippen LogP contribution in [0.2, 0.25) is 0 Å². The maximum absolute atomic E-state index is 12.3. The summed E-state index contributed by atoms with van der Waals surface area (Å²) in [5.41, 5.74) is 0.346. The number of hydrogen-bond donors (Lipinski definition) is 4. The van der Waals surface area contributed by atoms with Gasteiger partial charge in [-0.3, -0.25) is 9.88 Å². The fourth-order valence-electron chi connectivity index (χ4n) is 2.62. The third-order valence-corrected chi connectivity index (χ3v) is 3.98. The molecule has 2 heterocycles. The molecule has 2 aromatic heterocycles. The second-order valence-electron chi connectivity index (χ2n) is 5.81. The largest absolute Gasteiger partial charge is 0.388 e. The van der Waals surface area contributed by atoms with Crippen molar-refractivity contribution in [2.24, 2.45) is 0 Å². The molecule has 0 aliphatic heterocycles. The molecule has 11 nitrogen and oxygen atoms in total. The molecule has 2 atom stereocenters. The van der Waals surface area contributed by atoms with Crippen molar-refractivity contribution in [1.29, 1.82) is 0 Å². The number of aliphatic hydroxyl groups is 1. The van der Waals surface area contributed by atoms with Gasteiger partial charge in [0, 0.05) is 12.8 Å². The molecule has 0 aliphatic rings. The van der Waals surface area contributed by atoms with Crippen molar-refractivity contribution in [3.05, 3.63) is 47.1 Å². The smallest absolute Gasteiger partial charge is 0.327 e. The van der Waals surface area contributed by atoms with Crippen molar-refractivity contribution in [2.75, 3.05) is 17.7 Å². The van der Waals surface area contributed by atoms with Crippen LogP contribution in [0.4, 0.5) is 16.3 Å². The van der Waals surface area contributed by atoms with Gasteiger partial charge in [0.05, 0.1) is 6.54 Å². The van der Waals surface area contributed by atoms with Crippen molar-refractivity contribution in [1.82, 2.24) is 19.5 Å². The monoisotopic (exact) mass is 386 g/mol. The summed E-state index contributed by atoms with van der Waals surface area (Å²) in [6.45, 7) is -0.233. The molecule has 3 aromatic rings. The Labute approximate surface area is 158 Å². The second-order valence-corrected chi connectivity index (χ2v) is 5.81. The second kappa shape index (κ2) is 8.41. The molecule has 0 radical (unpaired) electrons. The van der Waals surface area contributed by atoms with E-state index in [2.05, 4.69) is 25.6 Å². The number of ether oxygens (including phenoxy) is 1. The average Bonchev–Trinajstić information content (AvgIpc) is 3.00. The number of anilines is 2. The molecule has 1 aromatic carbocycles. The highest BCUT2D eigenvalue weighted by Gasteiger charge is 2.22. The third-order valence-electron chi connectivity index (χ3n) is 3.98. The molecule has 28 heavy (non-hydrogen) atoms. The molecule has 0 aliphatic carbocycles. The predicted octanol–water partition coefficient (Wildman–Crippen LogP) is 0.338. The maximum Gasteiger partial charge on any atom is 0.327 e. The van der Waals surface area contributed by atoms with Crippen molar-refractivity contribution < 1.29 is 19.4 Å². The van der Waals surface area contributed by atoms with E-state index in [0.717, 1.165) is 4.57 Å². The lowest BCUT2D eigenvalue weighted by Crippen LogP contribution is -2.36. The highest BCUT2D eigenvalue weighted by molar-refractivity contribution is 6.02. The normalized spacial score (nSPS) is 13.1. The Morgan fingerprint density at radius 3 is 2.75 bits per heavy atom. The zero-order valence-corrected chi connectivity index (χ0v) is 14.8. The third kappa shape index (κ3) is 4.05. The van der Waals surface area contributed by atoms with E-state index in [1.54, 1.807) is 24.3 Å². The SMILES string of the molecule is COC(C=O)C(O)Cn1c(=O)[nH]c2c(NC(=O)Nc3ccccc3)ncnc21. The minimum absolute atomic E-state index is 0.0856. The van der Waals surface area contributed by atoms with Gasteiger partial charge in [-0.05, 0) is 12.1 Å². The number of nitrogens with zero attached hydrogens (tertiary/aromatic N) is 3. The van der Waals surface area contributed by atoms with Crippen LogP contribution in [0.15, 0.2) is 41.5 Å². The summed E-state index contributed by atoms with van der Waals surface area (Å²) >= 11 is 0. The predicted molar refractivity (Wildman–Crippen MR) is 100 cm³/mol. The van der Waals surface area contributed by atoms with E-state index in [4.69, 9.17) is 4.74 Å². The molecule has 0 fully saturated rings. The van der Waals surface area contributed by atoms with Crippen LogP contribution in [-0.2, 0) is 16.1 Å². The highest BCUT2D eigenvalue weighted by Crippen LogP contribution is 2.16. The zero-order valence-electron chi connectivity index (χ0n) is 14.8. The number of aliphatic hydroxyl groups excluding tert-OH is 1. The van der Waals surface area contributed by atoms with Crippen LogP contribution in [0.1, 0.15) is 0 Å². The number of benzene rings is 1. The van der Waals surface area contributed by atoms with Gasteiger partial charge >= 0.3 is 11.7 Å². The van der Waals surface area contributed by atoms with Gasteiger partial charge in [0.25, 0.3) is 0 Å². The number of imidazole rings is 1. The van der Waals surface area contributed by atoms with Crippen LogP contribution in [-0.4, -0.2) is 56.3 Å². The standard InChI is InChI=1S/C17H18N6O5/c1-28-12(8-24)11(25)7-23-15-13(21-17(23)27)14(18-9-19-15)22-16(26)20-10-5-3-2-4-6-10/h2-6,8-9,11-12,25H,7H2,1H3,(H,21,27)(H2,18,19,20,22,26). The van der Waals surface area contributed by atoms with Crippen LogP contribution in [0, 0.1) is 0 Å². The number of nitrogens with one attached hydrogen (secondary N) is 3. The summed E-state index contributed by atoms with van der Waals surface area (Å²) in [7, 11) is 1.27. The topological polar surface area (TPSA) is 151 Å². The number of aromatic nitrogens is 4. The minimum atomic E-state index is -1.26. The van der Waals surface area contributed by atoms with Gasteiger partial charge in [-0.15, -0.1) is 0 Å². The number of urea groups is 1. The molecule has 146 valence electrons. The van der Waals surface area contributed by atoms with Gasteiger partial charge in [-0.2, -0.15) is 0 Å². The zero-order chi connectivity index (χ0) is 20.1. The van der Waals surface area contributed by atoms with Crippen LogP contribution in [0.3, 0.4) is 0 Å². The van der Waals surface area contributed by atoms with Gasteiger partial charge in [0.15, 0.2) is 17.8 Å². The molecular formula is C17H18N6O5. The van der Waals surface area contributed by atoms with Crippen LogP contribution in [0.25, 0.3) is 11.2 Å². The molecule has 0 spiro atoms. The van der Waals surface area contributed by atoms with Crippen molar-refractivity contribution in [2.45, 2.75) is 18.8 Å². The lowest BCUT2D eigenvalue weighted by Gasteiger charge is -2.16. The van der Waals surface area contributed by atoms with E-state index in [1.165, 1.54) is 13.4 Å². The van der Waals surface area contributed by atoms with Gasteiger partial charge in [-0.25, -0.2) is 19.6 Å². The van der Waals surface area contributed by atoms with Crippen LogP contribution in [0.5, 0.6) is 0 Å². The fraction of sp³-hybridized carbons (Fsp3) is 0.235. The number of aldehydes is 1. The molecule has 0 saturated heterocycles. The number of para-hydroxylation sites is 1. The quantitative estimate of drug-likeness (QED) is 0.427. The first-order chi connectivity index (χ1) is 13.5. The van der Waals surface area contributed by atoms with E-state index in [0.29, 0.717) is 12.0 Å². The summed E-state index contributed by atoms with van der Waals surface area (Å²) in [6, 6.07) is 8.24. The average molecular weight is 386 g/mol. The van der Waals surface area contributed by atoms with Crippen LogP contribution < -0.4 is 16.3 Å². The number of methoxy groups -OCH3 is 1. The Hall–Kier alpha value is -3.57. The number of carbonyl (C=O) groups excluding carboxylic acids is 2. The fourth-order valence-corrected chi connectivity index (χ4v) is 2.62. The Kier molecular flexibility index (Phi) is 5.77. The molecule has 0 saturated carbocycles. The highest BCUT2D eigenvalue weighted by atomic mass is 16.5. The number of rotatable bonds is 7. The summed E-state index contributed by atoms with van der Waals surface area (Å²) in [5, 5.41) is 15.3. The Balaban J connectivity index is 1.84. The minimum Gasteiger partial charge on any atom is -0.388 e. The van der Waals surface area contributed by atoms with E-state index in [1.807, 2.05) is 6.07 Å². The molecule has 4 N–H and O–H groups in total. The molecule has 11 heteroatoms. The number of H-pyrrole nitrogens is 1. The van der Waals surface area contributed by atoms with E-state index >= 15 is 0 Å². The Bertz CT molecular complexity index is 1030. The van der Waals surface area contributed by atoms with E-state index in [9.17, 15) is 19.5 Å². The summed E-state index contributed by atoms with van der Waals surface area (Å²) in [6.07, 6.45) is -0.732. The molecule has 0 bridgehead atoms. The van der Waals surface area contributed by atoms with Crippen molar-refractivity contribution >= 4 is 35.0 Å². The first kappa shape index (κ1) is 19.2. The van der Waals surface area contributed by atoms with E-state index < -0.39 is 23.9 Å². The summed E-state index contributed by atoms with van der Waals surface area (Å²) in [4.78, 5) is 45.9. The number of fused-ring (bicyclic) bond motifs is 1. The first-order valence-electron chi connectivity index (χ1n) is 8.26. The van der Waals surface area contributed by atoms with Gasteiger partial charge < -0.3 is 24.9 Å². The lowest BCUT2D eigenvalue weighted by molar-refractivity contribution is -0.123. The number of carbonyl (C=O) groups is 2. The van der Waals surface area contributed by atoms with Gasteiger partial charge in [0.1, 0.15) is 24.1 Å². The molecule has 2 unspecified atom stereocenters. The Morgan fingerprint density at radius 2 is 2.07 bits per heavy atom. The van der Waals surface area contributed by atoms with Gasteiger partial charge in [-0.1, -0.05) is 18.2 Å².